The van der Waals surface area contributed by atoms with E-state index in [9.17, 15) is 4.79 Å². The van der Waals surface area contributed by atoms with Gasteiger partial charge in [-0.1, -0.05) is 30.7 Å². The van der Waals surface area contributed by atoms with Crippen LogP contribution in [-0.4, -0.2) is 5.78 Å². The molecule has 1 nitrogen and oxygen atoms in total. The highest BCUT2D eigenvalue weighted by Crippen LogP contribution is 2.21. The molecule has 0 heterocycles. The zero-order chi connectivity index (χ0) is 9.84. The van der Waals surface area contributed by atoms with Crippen molar-refractivity contribution in [2.45, 2.75) is 26.7 Å². The van der Waals surface area contributed by atoms with Crippen LogP contribution in [0.2, 0.25) is 5.02 Å². The second-order valence-electron chi connectivity index (χ2n) is 3.10. The monoisotopic (exact) mass is 196 g/mol. The predicted molar refractivity (Wildman–Crippen MR) is 55.4 cm³/mol. The van der Waals surface area contributed by atoms with E-state index in [2.05, 4.69) is 0 Å². The van der Waals surface area contributed by atoms with Crippen molar-refractivity contribution in [2.75, 3.05) is 0 Å². The molecule has 0 spiro atoms. The van der Waals surface area contributed by atoms with Gasteiger partial charge in [0.1, 0.15) is 0 Å². The fourth-order valence-corrected chi connectivity index (χ4v) is 1.66. The summed E-state index contributed by atoms with van der Waals surface area (Å²) < 4.78 is 0. The number of benzene rings is 1. The third-order valence-electron chi connectivity index (χ3n) is 1.98. The summed E-state index contributed by atoms with van der Waals surface area (Å²) in [6.45, 7) is 3.90. The number of carbonyl (C=O) groups excluding carboxylic acids is 1. The number of Topliss-reactive ketones (excluding diaryl/α,β-unsaturated/α-hetero) is 1. The molecule has 0 amide bonds. The summed E-state index contributed by atoms with van der Waals surface area (Å²) in [5.74, 6) is 0.144. The lowest BCUT2D eigenvalue weighted by Crippen LogP contribution is -2.01. The molecule has 1 aromatic carbocycles. The van der Waals surface area contributed by atoms with Gasteiger partial charge in [-0.15, -0.1) is 0 Å². The Morgan fingerprint density at radius 1 is 1.46 bits per heavy atom. The molecule has 0 saturated carbocycles. The zero-order valence-corrected chi connectivity index (χ0v) is 8.69. The first-order chi connectivity index (χ1) is 6.16. The van der Waals surface area contributed by atoms with E-state index in [-0.39, 0.29) is 5.78 Å². The number of hydrogen-bond acceptors (Lipinski definition) is 1. The Kier molecular flexibility index (Phi) is 3.49. The molecule has 0 aliphatic carbocycles. The van der Waals surface area contributed by atoms with Crippen molar-refractivity contribution in [3.05, 3.63) is 34.3 Å². The molecule has 0 aromatic heterocycles. The van der Waals surface area contributed by atoms with Crippen molar-refractivity contribution in [1.29, 1.82) is 0 Å². The second kappa shape index (κ2) is 4.43. The first kappa shape index (κ1) is 10.3. The highest BCUT2D eigenvalue weighted by molar-refractivity contribution is 6.34. The molecule has 1 rings (SSSR count). The fourth-order valence-electron chi connectivity index (χ4n) is 1.34. The molecule has 13 heavy (non-hydrogen) atoms. The summed E-state index contributed by atoms with van der Waals surface area (Å²) in [5.41, 5.74) is 1.65. The van der Waals surface area contributed by atoms with E-state index in [1.54, 1.807) is 6.07 Å². The zero-order valence-electron chi connectivity index (χ0n) is 7.93. The maximum atomic E-state index is 11.6. The molecule has 0 fully saturated rings. The van der Waals surface area contributed by atoms with Gasteiger partial charge in [-0.05, 0) is 25.0 Å². The Bertz CT molecular complexity index is 298. The number of halogens is 1. The Morgan fingerprint density at radius 2 is 2.15 bits per heavy atom. The van der Waals surface area contributed by atoms with Gasteiger partial charge in [-0.25, -0.2) is 0 Å². The molecule has 0 saturated heterocycles. The van der Waals surface area contributed by atoms with E-state index in [4.69, 9.17) is 11.6 Å². The molecule has 1 aromatic rings. The summed E-state index contributed by atoms with van der Waals surface area (Å²) in [7, 11) is 0. The van der Waals surface area contributed by atoms with Gasteiger partial charge in [0.2, 0.25) is 0 Å². The SMILES string of the molecule is CCCC(=O)c1c(C)cccc1Cl. The first-order valence-electron chi connectivity index (χ1n) is 4.45. The summed E-state index contributed by atoms with van der Waals surface area (Å²) in [5, 5.41) is 0.568. The molecule has 0 unspecified atom stereocenters. The van der Waals surface area contributed by atoms with Gasteiger partial charge in [0.05, 0.1) is 5.02 Å². The van der Waals surface area contributed by atoms with Crippen LogP contribution < -0.4 is 0 Å². The summed E-state index contributed by atoms with van der Waals surface area (Å²) in [6, 6.07) is 5.53. The maximum absolute atomic E-state index is 11.6. The van der Waals surface area contributed by atoms with Crippen molar-refractivity contribution in [2.24, 2.45) is 0 Å². The van der Waals surface area contributed by atoms with E-state index in [1.807, 2.05) is 26.0 Å². The van der Waals surface area contributed by atoms with Crippen LogP contribution in [0.15, 0.2) is 18.2 Å². The van der Waals surface area contributed by atoms with Crippen molar-refractivity contribution >= 4 is 17.4 Å². The molecule has 0 radical (unpaired) electrons. The average molecular weight is 197 g/mol. The van der Waals surface area contributed by atoms with Crippen LogP contribution in [0.3, 0.4) is 0 Å². The van der Waals surface area contributed by atoms with Gasteiger partial charge in [0, 0.05) is 12.0 Å². The normalized spacial score (nSPS) is 10.1. The fraction of sp³-hybridized carbons (Fsp3) is 0.364. The minimum absolute atomic E-state index is 0.144. The summed E-state index contributed by atoms with van der Waals surface area (Å²) >= 11 is 5.94. The largest absolute Gasteiger partial charge is 0.294 e. The van der Waals surface area contributed by atoms with E-state index in [1.165, 1.54) is 0 Å². The highest BCUT2D eigenvalue weighted by atomic mass is 35.5. The van der Waals surface area contributed by atoms with Crippen molar-refractivity contribution in [3.63, 3.8) is 0 Å². The molecule has 2 heteroatoms. The van der Waals surface area contributed by atoms with Crippen LogP contribution in [0.1, 0.15) is 35.7 Å². The van der Waals surface area contributed by atoms with Gasteiger partial charge in [-0.3, -0.25) is 4.79 Å². The summed E-state index contributed by atoms with van der Waals surface area (Å²) in [6.07, 6.45) is 1.44. The van der Waals surface area contributed by atoms with Crippen LogP contribution in [0.5, 0.6) is 0 Å². The summed E-state index contributed by atoms with van der Waals surface area (Å²) in [4.78, 5) is 11.6. The Hall–Kier alpha value is -0.820. The van der Waals surface area contributed by atoms with Gasteiger partial charge in [0.25, 0.3) is 0 Å². The Balaban J connectivity index is 3.05. The number of hydrogen-bond donors (Lipinski definition) is 0. The number of rotatable bonds is 3. The van der Waals surface area contributed by atoms with Crippen LogP contribution in [0.25, 0.3) is 0 Å². The standard InChI is InChI=1S/C11H13ClO/c1-3-5-10(13)11-8(2)6-4-7-9(11)12/h4,6-7H,3,5H2,1-2H3. The molecule has 0 atom stereocenters. The van der Waals surface area contributed by atoms with Crippen molar-refractivity contribution < 1.29 is 4.79 Å². The van der Waals surface area contributed by atoms with Gasteiger partial charge in [0.15, 0.2) is 5.78 Å². The van der Waals surface area contributed by atoms with Gasteiger partial charge >= 0.3 is 0 Å². The average Bonchev–Trinajstić information content (AvgIpc) is 2.04. The second-order valence-corrected chi connectivity index (χ2v) is 3.51. The minimum atomic E-state index is 0.144. The molecule has 0 N–H and O–H groups in total. The lowest BCUT2D eigenvalue weighted by Gasteiger charge is -2.05. The van der Waals surface area contributed by atoms with E-state index >= 15 is 0 Å². The van der Waals surface area contributed by atoms with Crippen LogP contribution >= 0.6 is 11.6 Å². The van der Waals surface area contributed by atoms with E-state index < -0.39 is 0 Å². The minimum Gasteiger partial charge on any atom is -0.294 e. The lowest BCUT2D eigenvalue weighted by molar-refractivity contribution is 0.0981. The lowest BCUT2D eigenvalue weighted by atomic mass is 10.0. The Morgan fingerprint density at radius 3 is 2.69 bits per heavy atom. The third kappa shape index (κ3) is 2.31. The van der Waals surface area contributed by atoms with Crippen molar-refractivity contribution in [3.8, 4) is 0 Å². The van der Waals surface area contributed by atoms with E-state index in [0.29, 0.717) is 17.0 Å². The smallest absolute Gasteiger partial charge is 0.164 e. The molecule has 0 bridgehead atoms. The van der Waals surface area contributed by atoms with Crippen molar-refractivity contribution in [1.82, 2.24) is 0 Å². The quantitative estimate of drug-likeness (QED) is 0.675. The number of carbonyl (C=O) groups is 1. The van der Waals surface area contributed by atoms with Crippen LogP contribution in [0.4, 0.5) is 0 Å². The van der Waals surface area contributed by atoms with Gasteiger partial charge < -0.3 is 0 Å². The molecule has 0 aliphatic rings. The highest BCUT2D eigenvalue weighted by Gasteiger charge is 2.11. The van der Waals surface area contributed by atoms with Gasteiger partial charge in [-0.2, -0.15) is 0 Å². The molecule has 0 aliphatic heterocycles. The maximum Gasteiger partial charge on any atom is 0.164 e. The molecule has 70 valence electrons. The first-order valence-corrected chi connectivity index (χ1v) is 4.83. The van der Waals surface area contributed by atoms with Crippen LogP contribution in [0, 0.1) is 6.92 Å². The predicted octanol–water partition coefficient (Wildman–Crippen LogP) is 3.63. The Labute approximate surface area is 83.7 Å². The third-order valence-corrected chi connectivity index (χ3v) is 2.29. The molecular weight excluding hydrogens is 184 g/mol. The topological polar surface area (TPSA) is 17.1 Å². The molecular formula is C11H13ClO. The van der Waals surface area contributed by atoms with E-state index in [0.717, 1.165) is 12.0 Å². The number of aryl methyl sites for hydroxylation is 1. The number of ketones is 1. The van der Waals surface area contributed by atoms with Crippen LogP contribution in [-0.2, 0) is 0 Å².